The Hall–Kier alpha value is -0.680. The number of hydrogen-bond donors (Lipinski definition) is 1. The molecule has 0 fully saturated rings. The minimum absolute atomic E-state index is 0.366. The molecule has 2 N–H and O–H groups in total. The average molecular weight is 117 g/mol. The van der Waals surface area contributed by atoms with E-state index in [0.717, 1.165) is 0 Å². The van der Waals surface area contributed by atoms with Crippen molar-refractivity contribution in [3.05, 3.63) is 5.38 Å². The molecule has 38 valence electrons. The topological polar surface area (TPSA) is 61.0 Å². The molecule has 0 aliphatic carbocycles. The van der Waals surface area contributed by atoms with Gasteiger partial charge in [-0.25, -0.2) is 0 Å². The van der Waals surface area contributed by atoms with E-state index in [-0.39, 0.29) is 0 Å². The van der Waals surface area contributed by atoms with Crippen LogP contribution in [0.3, 0.4) is 0 Å². The molecule has 0 aliphatic rings. The van der Waals surface area contributed by atoms with Crippen LogP contribution in [0.4, 0.5) is 0 Å². The molecule has 0 saturated heterocycles. The minimum atomic E-state index is 0.366. The van der Waals surface area contributed by atoms with E-state index in [0.29, 0.717) is 5.88 Å². The smallest absolute Gasteiger partial charge is 0.268 e. The SMILES string of the molecule is NOc1csnn1. The van der Waals surface area contributed by atoms with Crippen LogP contribution in [0.25, 0.3) is 0 Å². The van der Waals surface area contributed by atoms with Gasteiger partial charge in [0.15, 0.2) is 0 Å². The highest BCUT2D eigenvalue weighted by Gasteiger charge is 1.88. The normalized spacial score (nSPS) is 8.71. The summed E-state index contributed by atoms with van der Waals surface area (Å²) >= 11 is 1.20. The van der Waals surface area contributed by atoms with Crippen molar-refractivity contribution in [2.75, 3.05) is 0 Å². The lowest BCUT2D eigenvalue weighted by molar-refractivity contribution is 0.320. The van der Waals surface area contributed by atoms with Gasteiger partial charge >= 0.3 is 0 Å². The fraction of sp³-hybridized carbons (Fsp3) is 0. The second-order valence-electron chi connectivity index (χ2n) is 0.861. The molecule has 0 amide bonds. The zero-order valence-electron chi connectivity index (χ0n) is 3.37. The molecule has 0 aromatic carbocycles. The summed E-state index contributed by atoms with van der Waals surface area (Å²) in [5, 5.41) is 5.07. The molecule has 0 aliphatic heterocycles. The van der Waals surface area contributed by atoms with Crippen molar-refractivity contribution in [2.45, 2.75) is 0 Å². The van der Waals surface area contributed by atoms with Gasteiger partial charge in [0.2, 0.25) is 0 Å². The molecule has 1 heterocycles. The van der Waals surface area contributed by atoms with Crippen molar-refractivity contribution >= 4 is 11.5 Å². The van der Waals surface area contributed by atoms with Gasteiger partial charge in [0.1, 0.15) is 0 Å². The lowest BCUT2D eigenvalue weighted by Gasteiger charge is -1.82. The van der Waals surface area contributed by atoms with E-state index in [1.165, 1.54) is 11.5 Å². The van der Waals surface area contributed by atoms with E-state index in [4.69, 9.17) is 5.90 Å². The predicted octanol–water partition coefficient (Wildman–Crippen LogP) is -0.209. The molecule has 1 aromatic heterocycles. The Labute approximate surface area is 44.0 Å². The third kappa shape index (κ3) is 0.847. The maximum atomic E-state index is 4.70. The first-order valence-corrected chi connectivity index (χ1v) is 2.41. The summed E-state index contributed by atoms with van der Waals surface area (Å²) in [6.45, 7) is 0. The van der Waals surface area contributed by atoms with Crippen molar-refractivity contribution in [2.24, 2.45) is 5.90 Å². The monoisotopic (exact) mass is 117 g/mol. The van der Waals surface area contributed by atoms with Crippen molar-refractivity contribution in [3.8, 4) is 5.88 Å². The van der Waals surface area contributed by atoms with E-state index in [1.54, 1.807) is 5.38 Å². The Bertz CT molecular complexity index is 127. The molecule has 1 aromatic rings. The van der Waals surface area contributed by atoms with Crippen LogP contribution in [0.15, 0.2) is 5.38 Å². The molecular weight excluding hydrogens is 114 g/mol. The molecule has 1 rings (SSSR count). The van der Waals surface area contributed by atoms with Crippen LogP contribution in [-0.2, 0) is 0 Å². The van der Waals surface area contributed by atoms with Gasteiger partial charge in [-0.3, -0.25) is 0 Å². The fourth-order valence-electron chi connectivity index (χ4n) is 0.207. The zero-order chi connectivity index (χ0) is 5.11. The third-order valence-electron chi connectivity index (χ3n) is 0.461. The van der Waals surface area contributed by atoms with Crippen molar-refractivity contribution in [1.29, 1.82) is 0 Å². The van der Waals surface area contributed by atoms with Crippen molar-refractivity contribution in [1.82, 2.24) is 9.59 Å². The molecule has 0 spiro atoms. The van der Waals surface area contributed by atoms with E-state index < -0.39 is 0 Å². The molecular formula is C2H3N3OS. The largest absolute Gasteiger partial charge is 0.389 e. The zero-order valence-corrected chi connectivity index (χ0v) is 4.18. The summed E-state index contributed by atoms with van der Waals surface area (Å²) in [6.07, 6.45) is 0. The summed E-state index contributed by atoms with van der Waals surface area (Å²) in [7, 11) is 0. The van der Waals surface area contributed by atoms with Crippen molar-refractivity contribution < 1.29 is 4.84 Å². The molecule has 4 nitrogen and oxygen atoms in total. The Morgan fingerprint density at radius 3 is 3.00 bits per heavy atom. The molecule has 5 heteroatoms. The number of hydrogen-bond acceptors (Lipinski definition) is 5. The van der Waals surface area contributed by atoms with Crippen LogP contribution >= 0.6 is 11.5 Å². The summed E-state index contributed by atoms with van der Waals surface area (Å²) in [5.74, 6) is 5.06. The molecule has 0 saturated carbocycles. The lowest BCUT2D eigenvalue weighted by atomic mass is 10.9. The number of rotatable bonds is 1. The molecule has 0 radical (unpaired) electrons. The van der Waals surface area contributed by atoms with Gasteiger partial charge < -0.3 is 4.84 Å². The Morgan fingerprint density at radius 2 is 2.71 bits per heavy atom. The van der Waals surface area contributed by atoms with Crippen LogP contribution in [0.5, 0.6) is 5.88 Å². The average Bonchev–Trinajstić information content (AvgIpc) is 2.14. The van der Waals surface area contributed by atoms with E-state index >= 15 is 0 Å². The second-order valence-corrected chi connectivity index (χ2v) is 1.47. The molecule has 0 bridgehead atoms. The van der Waals surface area contributed by atoms with Gasteiger partial charge in [-0.2, -0.15) is 5.90 Å². The first kappa shape index (κ1) is 4.48. The van der Waals surface area contributed by atoms with Gasteiger partial charge in [-0.05, 0) is 11.5 Å². The van der Waals surface area contributed by atoms with Crippen LogP contribution in [0, 0.1) is 0 Å². The molecule has 0 atom stereocenters. The van der Waals surface area contributed by atoms with Gasteiger partial charge in [0, 0.05) is 0 Å². The fourth-order valence-corrected chi connectivity index (χ4v) is 0.575. The summed E-state index contributed by atoms with van der Waals surface area (Å²) in [4.78, 5) is 4.19. The quantitative estimate of drug-likeness (QED) is 0.517. The van der Waals surface area contributed by atoms with Crippen LogP contribution < -0.4 is 10.7 Å². The highest BCUT2D eigenvalue weighted by molar-refractivity contribution is 7.03. The van der Waals surface area contributed by atoms with Crippen LogP contribution in [0.2, 0.25) is 0 Å². The summed E-state index contributed by atoms with van der Waals surface area (Å²) < 4.78 is 3.48. The maximum absolute atomic E-state index is 4.70. The lowest BCUT2D eigenvalue weighted by Crippen LogP contribution is -2.01. The predicted molar refractivity (Wildman–Crippen MR) is 24.7 cm³/mol. The third-order valence-corrected chi connectivity index (χ3v) is 0.944. The van der Waals surface area contributed by atoms with Crippen LogP contribution in [0.1, 0.15) is 0 Å². The Balaban J connectivity index is 2.76. The van der Waals surface area contributed by atoms with Gasteiger partial charge in [0.25, 0.3) is 5.88 Å². The van der Waals surface area contributed by atoms with Crippen molar-refractivity contribution in [3.63, 3.8) is 0 Å². The van der Waals surface area contributed by atoms with E-state index in [1.807, 2.05) is 0 Å². The van der Waals surface area contributed by atoms with Crippen LogP contribution in [-0.4, -0.2) is 9.59 Å². The number of aromatic nitrogens is 2. The van der Waals surface area contributed by atoms with E-state index in [9.17, 15) is 0 Å². The van der Waals surface area contributed by atoms with Gasteiger partial charge in [0.05, 0.1) is 5.38 Å². The first-order chi connectivity index (χ1) is 3.43. The maximum Gasteiger partial charge on any atom is 0.268 e. The molecule has 7 heavy (non-hydrogen) atoms. The van der Waals surface area contributed by atoms with Gasteiger partial charge in [-0.15, -0.1) is 0 Å². The van der Waals surface area contributed by atoms with Gasteiger partial charge in [-0.1, -0.05) is 9.59 Å². The highest BCUT2D eigenvalue weighted by atomic mass is 32.1. The summed E-state index contributed by atoms with van der Waals surface area (Å²) in [5.41, 5.74) is 0. The second kappa shape index (κ2) is 1.85. The molecule has 0 unspecified atom stereocenters. The minimum Gasteiger partial charge on any atom is -0.389 e. The van der Waals surface area contributed by atoms with E-state index in [2.05, 4.69) is 14.4 Å². The highest BCUT2D eigenvalue weighted by Crippen LogP contribution is 2.02. The summed E-state index contributed by atoms with van der Waals surface area (Å²) in [6, 6.07) is 0. The first-order valence-electron chi connectivity index (χ1n) is 1.57. The number of nitrogens with zero attached hydrogens (tertiary/aromatic N) is 2. The Morgan fingerprint density at radius 1 is 1.86 bits per heavy atom. The number of nitrogens with two attached hydrogens (primary N) is 1. The standard InChI is InChI=1S/C2H3N3OS/c3-6-2-1-7-5-4-2/h1H,3H2. The Kier molecular flexibility index (Phi) is 1.19.